The van der Waals surface area contributed by atoms with Crippen LogP contribution < -0.4 is 0 Å². The lowest BCUT2D eigenvalue weighted by molar-refractivity contribution is -0.143. The van der Waals surface area contributed by atoms with E-state index in [1.807, 2.05) is 0 Å². The Labute approximate surface area is 115 Å². The van der Waals surface area contributed by atoms with E-state index in [1.165, 1.54) is 6.08 Å². The summed E-state index contributed by atoms with van der Waals surface area (Å²) < 4.78 is 75.6. The first-order chi connectivity index (χ1) is 9.51. The lowest BCUT2D eigenvalue weighted by Crippen LogP contribution is -2.12. The van der Waals surface area contributed by atoms with Gasteiger partial charge in [0.2, 0.25) is 0 Å². The molecule has 0 saturated heterocycles. The molecule has 0 aromatic heterocycles. The first-order valence-corrected chi connectivity index (χ1v) is 5.68. The van der Waals surface area contributed by atoms with Gasteiger partial charge in [-0.25, -0.2) is 0 Å². The zero-order valence-electron chi connectivity index (χ0n) is 10.4. The van der Waals surface area contributed by atoms with E-state index >= 15 is 0 Å². The van der Waals surface area contributed by atoms with Crippen LogP contribution in [-0.4, -0.2) is 11.1 Å². The van der Waals surface area contributed by atoms with Gasteiger partial charge in [0.15, 0.2) is 0 Å². The van der Waals surface area contributed by atoms with Gasteiger partial charge in [-0.15, -0.1) is 0 Å². The van der Waals surface area contributed by atoms with E-state index in [4.69, 9.17) is 5.11 Å². The molecule has 8 heteroatoms. The summed E-state index contributed by atoms with van der Waals surface area (Å²) in [4.78, 5) is 10.3. The summed E-state index contributed by atoms with van der Waals surface area (Å²) in [7, 11) is 0. The van der Waals surface area contributed by atoms with E-state index in [2.05, 4.69) is 0 Å². The van der Waals surface area contributed by atoms with E-state index in [-0.39, 0.29) is 18.9 Å². The fraction of sp³-hybridized carbons (Fsp3) is 0.308. The summed E-state index contributed by atoms with van der Waals surface area (Å²) in [5.74, 6) is -1.12. The lowest BCUT2D eigenvalue weighted by atomic mass is 10.0. The average Bonchev–Trinajstić information content (AvgIpc) is 2.32. The Bertz CT molecular complexity index is 543. The van der Waals surface area contributed by atoms with Gasteiger partial charge in [-0.3, -0.25) is 4.79 Å². The minimum absolute atomic E-state index is 0.0202. The SMILES string of the molecule is O=C(O)CCC=Cc1ccc(C(F)(F)F)cc1C(F)(F)F. The number of hydrogen-bond donors (Lipinski definition) is 1. The molecule has 0 aliphatic rings. The molecule has 0 unspecified atom stereocenters. The second kappa shape index (κ2) is 6.19. The fourth-order valence-corrected chi connectivity index (χ4v) is 1.54. The van der Waals surface area contributed by atoms with Crippen LogP contribution in [0.15, 0.2) is 24.3 Å². The molecular weight excluding hydrogens is 302 g/mol. The Morgan fingerprint density at radius 2 is 1.71 bits per heavy atom. The van der Waals surface area contributed by atoms with Crippen LogP contribution in [0.3, 0.4) is 0 Å². The van der Waals surface area contributed by atoms with Crippen LogP contribution in [0, 0.1) is 0 Å². The van der Waals surface area contributed by atoms with Gasteiger partial charge in [0, 0.05) is 6.42 Å². The molecule has 116 valence electrons. The number of carboxylic acids is 1. The first-order valence-electron chi connectivity index (χ1n) is 5.68. The molecule has 1 N–H and O–H groups in total. The molecule has 0 atom stereocenters. The minimum atomic E-state index is -4.94. The molecule has 0 aliphatic carbocycles. The Hall–Kier alpha value is -1.99. The smallest absolute Gasteiger partial charge is 0.417 e. The maximum atomic E-state index is 12.8. The van der Waals surface area contributed by atoms with Gasteiger partial charge in [-0.1, -0.05) is 18.2 Å². The number of rotatable bonds is 4. The predicted molar refractivity (Wildman–Crippen MR) is 62.3 cm³/mol. The number of alkyl halides is 6. The number of hydrogen-bond acceptors (Lipinski definition) is 1. The number of aliphatic carboxylic acids is 1. The van der Waals surface area contributed by atoms with Gasteiger partial charge >= 0.3 is 18.3 Å². The first kappa shape index (κ1) is 17.1. The Morgan fingerprint density at radius 1 is 1.10 bits per heavy atom. The third kappa shape index (κ3) is 5.13. The van der Waals surface area contributed by atoms with Crippen LogP contribution in [-0.2, 0) is 17.1 Å². The Kier molecular flexibility index (Phi) is 5.03. The molecule has 1 rings (SSSR count). The maximum Gasteiger partial charge on any atom is 0.417 e. The average molecular weight is 312 g/mol. The molecule has 0 bridgehead atoms. The van der Waals surface area contributed by atoms with Gasteiger partial charge in [-0.05, 0) is 24.1 Å². The summed E-state index contributed by atoms with van der Waals surface area (Å²) in [5.41, 5.74) is -3.25. The number of halogens is 6. The van der Waals surface area contributed by atoms with Crippen LogP contribution in [0.5, 0.6) is 0 Å². The van der Waals surface area contributed by atoms with E-state index in [1.54, 1.807) is 0 Å². The third-order valence-corrected chi connectivity index (χ3v) is 2.51. The van der Waals surface area contributed by atoms with Crippen molar-refractivity contribution in [2.45, 2.75) is 25.2 Å². The van der Waals surface area contributed by atoms with Gasteiger partial charge in [0.25, 0.3) is 0 Å². The van der Waals surface area contributed by atoms with E-state index in [0.29, 0.717) is 12.1 Å². The largest absolute Gasteiger partial charge is 0.481 e. The van der Waals surface area contributed by atoms with Gasteiger partial charge in [-0.2, -0.15) is 26.3 Å². The number of allylic oxidation sites excluding steroid dienone is 1. The van der Waals surface area contributed by atoms with Crippen molar-refractivity contribution in [3.05, 3.63) is 41.0 Å². The van der Waals surface area contributed by atoms with Gasteiger partial charge < -0.3 is 5.11 Å². The molecule has 2 nitrogen and oxygen atoms in total. The highest BCUT2D eigenvalue weighted by molar-refractivity contribution is 5.67. The molecule has 1 aromatic rings. The van der Waals surface area contributed by atoms with Crippen LogP contribution in [0.1, 0.15) is 29.5 Å². The standard InChI is InChI=1S/C13H10F6O2/c14-12(15,16)9-6-5-8(3-1-2-4-11(20)21)10(7-9)13(17,18)19/h1,3,5-7H,2,4H2,(H,20,21). The maximum absolute atomic E-state index is 12.8. The van der Waals surface area contributed by atoms with E-state index in [9.17, 15) is 31.1 Å². The van der Waals surface area contributed by atoms with E-state index < -0.39 is 35.0 Å². The molecule has 0 spiro atoms. The van der Waals surface area contributed by atoms with Crippen LogP contribution in [0.4, 0.5) is 26.3 Å². The molecule has 1 aromatic carbocycles. The normalized spacial score (nSPS) is 12.9. The molecule has 0 aliphatic heterocycles. The predicted octanol–water partition coefficient (Wildman–Crippen LogP) is 4.60. The van der Waals surface area contributed by atoms with Gasteiger partial charge in [0.05, 0.1) is 11.1 Å². The zero-order chi connectivity index (χ0) is 16.3. The van der Waals surface area contributed by atoms with Crippen LogP contribution in [0.25, 0.3) is 6.08 Å². The van der Waals surface area contributed by atoms with Crippen molar-refractivity contribution in [1.82, 2.24) is 0 Å². The summed E-state index contributed by atoms with van der Waals surface area (Å²) in [6.07, 6.45) is -7.97. The van der Waals surface area contributed by atoms with Crippen molar-refractivity contribution in [3.8, 4) is 0 Å². The van der Waals surface area contributed by atoms with Crippen molar-refractivity contribution in [3.63, 3.8) is 0 Å². The van der Waals surface area contributed by atoms with Crippen molar-refractivity contribution in [2.75, 3.05) is 0 Å². The molecule has 0 heterocycles. The number of carbonyl (C=O) groups is 1. The van der Waals surface area contributed by atoms with Crippen molar-refractivity contribution >= 4 is 12.0 Å². The van der Waals surface area contributed by atoms with Gasteiger partial charge in [0.1, 0.15) is 0 Å². The Morgan fingerprint density at radius 3 is 2.19 bits per heavy atom. The monoisotopic (exact) mass is 312 g/mol. The van der Waals surface area contributed by atoms with Crippen LogP contribution >= 0.6 is 0 Å². The van der Waals surface area contributed by atoms with Crippen LogP contribution in [0.2, 0.25) is 0 Å². The van der Waals surface area contributed by atoms with Crippen molar-refractivity contribution in [1.29, 1.82) is 0 Å². The summed E-state index contributed by atoms with van der Waals surface area (Å²) >= 11 is 0. The zero-order valence-corrected chi connectivity index (χ0v) is 10.4. The summed E-state index contributed by atoms with van der Waals surface area (Å²) in [5, 5.41) is 8.38. The highest BCUT2D eigenvalue weighted by Gasteiger charge is 2.37. The quantitative estimate of drug-likeness (QED) is 0.825. The van der Waals surface area contributed by atoms with Crippen molar-refractivity contribution in [2.24, 2.45) is 0 Å². The molecule has 0 radical (unpaired) electrons. The summed E-state index contributed by atoms with van der Waals surface area (Å²) in [6.45, 7) is 0. The second-order valence-corrected chi connectivity index (χ2v) is 4.13. The van der Waals surface area contributed by atoms with Crippen molar-refractivity contribution < 1.29 is 36.2 Å². The Balaban J connectivity index is 3.12. The fourth-order valence-electron chi connectivity index (χ4n) is 1.54. The lowest BCUT2D eigenvalue weighted by Gasteiger charge is -2.14. The molecule has 0 amide bonds. The number of carboxylic acid groups (broad SMARTS) is 1. The molecule has 0 saturated carbocycles. The summed E-state index contributed by atoms with van der Waals surface area (Å²) in [6, 6.07) is 1.30. The van der Waals surface area contributed by atoms with E-state index in [0.717, 1.165) is 6.08 Å². The molecule has 0 fully saturated rings. The minimum Gasteiger partial charge on any atom is -0.481 e. The highest BCUT2D eigenvalue weighted by Crippen LogP contribution is 2.37. The topological polar surface area (TPSA) is 37.3 Å². The third-order valence-electron chi connectivity index (χ3n) is 2.51. The molecular formula is C13H10F6O2. The number of benzene rings is 1. The second-order valence-electron chi connectivity index (χ2n) is 4.13. The highest BCUT2D eigenvalue weighted by atomic mass is 19.4. The molecule has 21 heavy (non-hydrogen) atoms.